The molecule has 26 heavy (non-hydrogen) atoms. The first-order valence-corrected chi connectivity index (χ1v) is 9.43. The molecule has 0 N–H and O–H groups in total. The molecule has 138 valence electrons. The Balaban J connectivity index is 1.62. The third-order valence-electron chi connectivity index (χ3n) is 5.16. The first-order chi connectivity index (χ1) is 12.7. The monoisotopic (exact) mass is 357 g/mol. The fourth-order valence-corrected chi connectivity index (χ4v) is 3.79. The quantitative estimate of drug-likeness (QED) is 0.697. The van der Waals surface area contributed by atoms with Gasteiger partial charge in [0.2, 0.25) is 5.89 Å². The first kappa shape index (κ1) is 17.1. The summed E-state index contributed by atoms with van der Waals surface area (Å²) in [5.41, 5.74) is 1.24. The number of piperidine rings is 1. The zero-order valence-corrected chi connectivity index (χ0v) is 15.3. The van der Waals surface area contributed by atoms with Gasteiger partial charge in [0.15, 0.2) is 0 Å². The number of fused-ring (bicyclic) bond motifs is 1. The van der Waals surface area contributed by atoms with Gasteiger partial charge in [-0.15, -0.1) is 0 Å². The maximum absolute atomic E-state index is 14.4. The summed E-state index contributed by atoms with van der Waals surface area (Å²) in [7, 11) is 0. The molecular weight excluding hydrogens is 333 g/mol. The maximum atomic E-state index is 14.4. The Morgan fingerprint density at radius 2 is 2.04 bits per heavy atom. The number of aromatic nitrogens is 4. The van der Waals surface area contributed by atoms with Crippen LogP contribution in [0.2, 0.25) is 0 Å². The molecule has 0 amide bonds. The Labute approximate surface area is 152 Å². The number of hydrogen-bond donors (Lipinski definition) is 0. The second kappa shape index (κ2) is 7.15. The van der Waals surface area contributed by atoms with Gasteiger partial charge in [-0.2, -0.15) is 14.8 Å². The van der Waals surface area contributed by atoms with E-state index in [0.717, 1.165) is 43.6 Å². The third-order valence-corrected chi connectivity index (χ3v) is 5.16. The van der Waals surface area contributed by atoms with E-state index in [1.54, 1.807) is 6.07 Å². The van der Waals surface area contributed by atoms with Gasteiger partial charge in [-0.25, -0.2) is 4.39 Å². The molecule has 3 heterocycles. The highest BCUT2D eigenvalue weighted by Gasteiger charge is 2.26. The third kappa shape index (κ3) is 3.00. The lowest BCUT2D eigenvalue weighted by Crippen LogP contribution is -2.33. The van der Waals surface area contributed by atoms with E-state index < -0.39 is 0 Å². The molecule has 1 aliphatic heterocycles. The van der Waals surface area contributed by atoms with Crippen LogP contribution in [0, 0.1) is 5.82 Å². The number of para-hydroxylation sites is 1. The highest BCUT2D eigenvalue weighted by Crippen LogP contribution is 2.29. The smallest absolute Gasteiger partial charge is 0.291 e. The van der Waals surface area contributed by atoms with Crippen molar-refractivity contribution < 1.29 is 8.91 Å². The predicted octanol–water partition coefficient (Wildman–Crippen LogP) is 3.70. The number of aryl methyl sites for hydroxylation is 1. The van der Waals surface area contributed by atoms with Crippen LogP contribution in [0.15, 0.2) is 22.7 Å². The topological polar surface area (TPSA) is 60.0 Å². The number of nitrogens with zero attached hydrogens (tertiary/aromatic N) is 5. The fourth-order valence-electron chi connectivity index (χ4n) is 3.79. The van der Waals surface area contributed by atoms with E-state index in [0.29, 0.717) is 23.8 Å². The van der Waals surface area contributed by atoms with Crippen molar-refractivity contribution in [2.24, 2.45) is 0 Å². The Bertz CT molecular complexity index is 895. The van der Waals surface area contributed by atoms with Crippen LogP contribution in [0.3, 0.4) is 0 Å². The van der Waals surface area contributed by atoms with E-state index >= 15 is 0 Å². The van der Waals surface area contributed by atoms with E-state index in [-0.39, 0.29) is 11.7 Å². The highest BCUT2D eigenvalue weighted by molar-refractivity contribution is 5.83. The van der Waals surface area contributed by atoms with Crippen molar-refractivity contribution in [3.05, 3.63) is 35.6 Å². The van der Waals surface area contributed by atoms with Crippen LogP contribution < -0.4 is 0 Å². The molecule has 6 nitrogen and oxygen atoms in total. The zero-order valence-electron chi connectivity index (χ0n) is 15.3. The summed E-state index contributed by atoms with van der Waals surface area (Å²) >= 11 is 0. The lowest BCUT2D eigenvalue weighted by Gasteiger charge is -2.29. The van der Waals surface area contributed by atoms with Gasteiger partial charge >= 0.3 is 0 Å². The second-order valence-electron chi connectivity index (χ2n) is 6.90. The normalized spacial score (nSPS) is 16.6. The van der Waals surface area contributed by atoms with Crippen molar-refractivity contribution in [3.63, 3.8) is 0 Å². The zero-order chi connectivity index (χ0) is 18.1. The summed E-state index contributed by atoms with van der Waals surface area (Å²) in [6.45, 7) is 7.45. The Kier molecular flexibility index (Phi) is 4.72. The van der Waals surface area contributed by atoms with Crippen LogP contribution in [-0.4, -0.2) is 44.5 Å². The minimum atomic E-state index is -0.325. The maximum Gasteiger partial charge on any atom is 0.291 e. The first-order valence-electron chi connectivity index (χ1n) is 9.43. The number of halogens is 1. The van der Waals surface area contributed by atoms with E-state index in [9.17, 15) is 4.39 Å². The summed E-state index contributed by atoms with van der Waals surface area (Å²) in [6, 6.07) is 5.02. The van der Waals surface area contributed by atoms with Crippen molar-refractivity contribution >= 4 is 10.9 Å². The highest BCUT2D eigenvalue weighted by atomic mass is 19.1. The van der Waals surface area contributed by atoms with Crippen molar-refractivity contribution in [1.29, 1.82) is 0 Å². The lowest BCUT2D eigenvalue weighted by molar-refractivity contribution is 0.194. The van der Waals surface area contributed by atoms with Crippen LogP contribution in [0.5, 0.6) is 0 Å². The van der Waals surface area contributed by atoms with Crippen molar-refractivity contribution in [3.8, 4) is 5.95 Å². The molecule has 4 rings (SSSR count). The molecule has 1 aromatic carbocycles. The molecule has 1 saturated heterocycles. The van der Waals surface area contributed by atoms with Crippen LogP contribution in [0.4, 0.5) is 4.39 Å². The molecular formula is C19H24FN5O. The minimum Gasteiger partial charge on any atom is -0.337 e. The molecule has 0 aliphatic carbocycles. The Morgan fingerprint density at radius 3 is 2.77 bits per heavy atom. The van der Waals surface area contributed by atoms with E-state index in [1.165, 1.54) is 17.2 Å². The summed E-state index contributed by atoms with van der Waals surface area (Å²) in [6.07, 6.45) is 3.91. The van der Waals surface area contributed by atoms with Gasteiger partial charge in [-0.1, -0.05) is 26.0 Å². The molecule has 0 unspecified atom stereocenters. The minimum absolute atomic E-state index is 0.265. The molecule has 7 heteroatoms. The van der Waals surface area contributed by atoms with Gasteiger partial charge in [0.25, 0.3) is 5.95 Å². The lowest BCUT2D eigenvalue weighted by atomic mass is 9.97. The summed E-state index contributed by atoms with van der Waals surface area (Å²) in [5.74, 6) is 0.885. The summed E-state index contributed by atoms with van der Waals surface area (Å²) in [5, 5.41) is 9.41. The standard InChI is InChI=1S/C19H24FN5O/c1-3-10-24-11-8-13(9-12-24)18-21-19(23-26-18)25-17-14(16(4-2)22-25)6-5-7-15(17)20/h5-7,13H,3-4,8-12H2,1-2H3. The second-order valence-corrected chi connectivity index (χ2v) is 6.90. The Morgan fingerprint density at radius 1 is 1.23 bits per heavy atom. The van der Waals surface area contributed by atoms with Crippen LogP contribution in [0.25, 0.3) is 16.9 Å². The van der Waals surface area contributed by atoms with Crippen LogP contribution in [-0.2, 0) is 6.42 Å². The van der Waals surface area contributed by atoms with E-state index in [4.69, 9.17) is 4.52 Å². The Hall–Kier alpha value is -2.28. The molecule has 0 bridgehead atoms. The summed E-state index contributed by atoms with van der Waals surface area (Å²) in [4.78, 5) is 7.02. The molecule has 0 spiro atoms. The molecule has 1 fully saturated rings. The van der Waals surface area contributed by atoms with Gasteiger partial charge in [0.05, 0.1) is 5.69 Å². The van der Waals surface area contributed by atoms with Crippen molar-refractivity contribution in [1.82, 2.24) is 24.8 Å². The number of rotatable bonds is 5. The van der Waals surface area contributed by atoms with E-state index in [1.807, 2.05) is 13.0 Å². The average molecular weight is 357 g/mol. The number of likely N-dealkylation sites (tertiary alicyclic amines) is 1. The largest absolute Gasteiger partial charge is 0.337 e. The van der Waals surface area contributed by atoms with E-state index in [2.05, 4.69) is 27.1 Å². The van der Waals surface area contributed by atoms with Crippen molar-refractivity contribution in [2.75, 3.05) is 19.6 Å². The van der Waals surface area contributed by atoms with Gasteiger partial charge in [0.1, 0.15) is 11.3 Å². The van der Waals surface area contributed by atoms with Gasteiger partial charge in [-0.05, 0) is 56.5 Å². The van der Waals surface area contributed by atoms with Gasteiger partial charge in [0, 0.05) is 11.3 Å². The SMILES string of the molecule is CCCN1CCC(c2nc(-n3nc(CC)c4cccc(F)c43)no2)CC1. The molecule has 0 atom stereocenters. The fraction of sp³-hybridized carbons (Fsp3) is 0.526. The molecule has 0 saturated carbocycles. The van der Waals surface area contributed by atoms with Crippen LogP contribution in [0.1, 0.15) is 50.6 Å². The molecule has 1 aliphatic rings. The van der Waals surface area contributed by atoms with Crippen molar-refractivity contribution in [2.45, 2.75) is 45.4 Å². The van der Waals surface area contributed by atoms with Crippen LogP contribution >= 0.6 is 0 Å². The average Bonchev–Trinajstić information content (AvgIpc) is 3.28. The number of hydrogen-bond acceptors (Lipinski definition) is 5. The molecule has 2 aromatic heterocycles. The predicted molar refractivity (Wildman–Crippen MR) is 97.0 cm³/mol. The number of benzene rings is 1. The summed E-state index contributed by atoms with van der Waals surface area (Å²) < 4.78 is 21.4. The molecule has 3 aromatic rings. The van der Waals surface area contributed by atoms with Gasteiger partial charge in [-0.3, -0.25) is 0 Å². The van der Waals surface area contributed by atoms with Gasteiger partial charge < -0.3 is 9.42 Å². The molecule has 0 radical (unpaired) electrons.